The van der Waals surface area contributed by atoms with E-state index in [0.717, 1.165) is 0 Å². The fourth-order valence-electron chi connectivity index (χ4n) is 1.70. The average molecular weight is 197 g/mol. The lowest BCUT2D eigenvalue weighted by Gasteiger charge is -2.22. The van der Waals surface area contributed by atoms with Crippen molar-refractivity contribution >= 4 is 11.3 Å². The van der Waals surface area contributed by atoms with E-state index in [1.807, 2.05) is 18.4 Å². The second kappa shape index (κ2) is 4.77. The molecule has 2 heteroatoms. The molecule has 0 amide bonds. The number of hydrogen-bond donors (Lipinski definition) is 1. The van der Waals surface area contributed by atoms with Gasteiger partial charge < -0.3 is 5.32 Å². The summed E-state index contributed by atoms with van der Waals surface area (Å²) in [6.07, 6.45) is 1.22. The lowest BCUT2D eigenvalue weighted by molar-refractivity contribution is 0.400. The molecule has 1 aromatic rings. The Hall–Kier alpha value is -0.340. The molecule has 2 unspecified atom stereocenters. The molecule has 1 rings (SSSR count). The summed E-state index contributed by atoms with van der Waals surface area (Å²) in [5.41, 5.74) is 1.47. The quantitative estimate of drug-likeness (QED) is 0.780. The standard InChI is InChI=1S/C11H19NS/c1-5-8(2)11(12-4)10-6-7-13-9(10)3/h6-8,11-12H,5H2,1-4H3. The van der Waals surface area contributed by atoms with Crippen LogP contribution in [0.5, 0.6) is 0 Å². The van der Waals surface area contributed by atoms with Crippen LogP contribution >= 0.6 is 11.3 Å². The molecular weight excluding hydrogens is 178 g/mol. The van der Waals surface area contributed by atoms with E-state index < -0.39 is 0 Å². The predicted octanol–water partition coefficient (Wildman–Crippen LogP) is 3.36. The van der Waals surface area contributed by atoms with E-state index in [1.54, 1.807) is 0 Å². The van der Waals surface area contributed by atoms with Gasteiger partial charge in [-0.3, -0.25) is 0 Å². The van der Waals surface area contributed by atoms with Crippen LogP contribution in [0.4, 0.5) is 0 Å². The number of hydrogen-bond acceptors (Lipinski definition) is 2. The number of thiophene rings is 1. The first-order valence-corrected chi connectivity index (χ1v) is 5.79. The molecule has 0 aliphatic carbocycles. The Labute approximate surface area is 85.2 Å². The first kappa shape index (κ1) is 10.7. The summed E-state index contributed by atoms with van der Waals surface area (Å²) in [7, 11) is 2.05. The average Bonchev–Trinajstić information content (AvgIpc) is 2.53. The number of nitrogens with one attached hydrogen (secondary N) is 1. The third-order valence-corrected chi connectivity index (χ3v) is 3.62. The van der Waals surface area contributed by atoms with Gasteiger partial charge in [-0.1, -0.05) is 20.3 Å². The van der Waals surface area contributed by atoms with Gasteiger partial charge in [-0.25, -0.2) is 0 Å². The molecule has 1 N–H and O–H groups in total. The Balaban J connectivity index is 2.84. The van der Waals surface area contributed by atoms with Crippen LogP contribution < -0.4 is 5.32 Å². The van der Waals surface area contributed by atoms with Gasteiger partial charge in [0.25, 0.3) is 0 Å². The summed E-state index contributed by atoms with van der Waals surface area (Å²) in [4.78, 5) is 1.44. The van der Waals surface area contributed by atoms with Crippen molar-refractivity contribution in [1.82, 2.24) is 5.32 Å². The van der Waals surface area contributed by atoms with Crippen LogP contribution in [0.2, 0.25) is 0 Å². The molecule has 0 spiro atoms. The van der Waals surface area contributed by atoms with Crippen LogP contribution in [0, 0.1) is 12.8 Å². The van der Waals surface area contributed by atoms with Crippen molar-refractivity contribution in [2.24, 2.45) is 5.92 Å². The zero-order chi connectivity index (χ0) is 9.84. The van der Waals surface area contributed by atoms with E-state index in [0.29, 0.717) is 12.0 Å². The first-order valence-electron chi connectivity index (χ1n) is 4.92. The summed E-state index contributed by atoms with van der Waals surface area (Å²) in [6, 6.07) is 2.77. The zero-order valence-corrected chi connectivity index (χ0v) is 9.74. The molecule has 0 radical (unpaired) electrons. The Bertz CT molecular complexity index is 254. The zero-order valence-electron chi connectivity index (χ0n) is 8.92. The van der Waals surface area contributed by atoms with Crippen LogP contribution in [0.15, 0.2) is 11.4 Å². The van der Waals surface area contributed by atoms with Crippen molar-refractivity contribution in [3.8, 4) is 0 Å². The highest BCUT2D eigenvalue weighted by atomic mass is 32.1. The lowest BCUT2D eigenvalue weighted by atomic mass is 9.93. The van der Waals surface area contributed by atoms with Gasteiger partial charge in [0.2, 0.25) is 0 Å². The molecule has 0 aliphatic rings. The highest BCUT2D eigenvalue weighted by molar-refractivity contribution is 7.10. The van der Waals surface area contributed by atoms with Crippen molar-refractivity contribution < 1.29 is 0 Å². The van der Waals surface area contributed by atoms with Crippen molar-refractivity contribution in [2.75, 3.05) is 7.05 Å². The minimum Gasteiger partial charge on any atom is -0.313 e. The lowest BCUT2D eigenvalue weighted by Crippen LogP contribution is -2.23. The van der Waals surface area contributed by atoms with E-state index in [2.05, 4.69) is 37.5 Å². The molecule has 0 saturated heterocycles. The van der Waals surface area contributed by atoms with Crippen LogP contribution in [0.25, 0.3) is 0 Å². The molecule has 0 bridgehead atoms. The summed E-state index contributed by atoms with van der Waals surface area (Å²) >= 11 is 1.84. The molecule has 1 nitrogen and oxygen atoms in total. The predicted molar refractivity (Wildman–Crippen MR) is 60.3 cm³/mol. The largest absolute Gasteiger partial charge is 0.313 e. The van der Waals surface area contributed by atoms with E-state index in [4.69, 9.17) is 0 Å². The van der Waals surface area contributed by atoms with Gasteiger partial charge in [-0.2, -0.15) is 0 Å². The van der Waals surface area contributed by atoms with Crippen LogP contribution in [0.3, 0.4) is 0 Å². The SMILES string of the molecule is CCC(C)C(NC)c1ccsc1C. The van der Waals surface area contributed by atoms with Crippen LogP contribution in [0.1, 0.15) is 36.8 Å². The Morgan fingerprint density at radius 1 is 1.54 bits per heavy atom. The maximum atomic E-state index is 3.40. The molecule has 2 atom stereocenters. The molecular formula is C11H19NS. The topological polar surface area (TPSA) is 12.0 Å². The summed E-state index contributed by atoms with van der Waals surface area (Å²) in [6.45, 7) is 6.75. The van der Waals surface area contributed by atoms with E-state index in [9.17, 15) is 0 Å². The van der Waals surface area contributed by atoms with Gasteiger partial charge in [-0.05, 0) is 36.9 Å². The highest BCUT2D eigenvalue weighted by Crippen LogP contribution is 2.29. The second-order valence-electron chi connectivity index (χ2n) is 3.58. The van der Waals surface area contributed by atoms with Crippen LogP contribution in [-0.2, 0) is 0 Å². The van der Waals surface area contributed by atoms with Gasteiger partial charge in [0.15, 0.2) is 0 Å². The smallest absolute Gasteiger partial charge is 0.0354 e. The van der Waals surface area contributed by atoms with Crippen LogP contribution in [-0.4, -0.2) is 7.05 Å². The third-order valence-electron chi connectivity index (χ3n) is 2.76. The van der Waals surface area contributed by atoms with Gasteiger partial charge in [-0.15, -0.1) is 11.3 Å². The molecule has 13 heavy (non-hydrogen) atoms. The molecule has 1 aromatic heterocycles. The second-order valence-corrected chi connectivity index (χ2v) is 4.70. The van der Waals surface area contributed by atoms with Crippen molar-refractivity contribution in [3.63, 3.8) is 0 Å². The maximum Gasteiger partial charge on any atom is 0.0354 e. The van der Waals surface area contributed by atoms with Crippen molar-refractivity contribution in [2.45, 2.75) is 33.2 Å². The fourth-order valence-corrected chi connectivity index (χ4v) is 2.45. The van der Waals surface area contributed by atoms with Gasteiger partial charge >= 0.3 is 0 Å². The molecule has 0 fully saturated rings. The third kappa shape index (κ3) is 2.32. The number of rotatable bonds is 4. The molecule has 74 valence electrons. The molecule has 1 heterocycles. The maximum absolute atomic E-state index is 3.40. The van der Waals surface area contributed by atoms with Gasteiger partial charge in [0.05, 0.1) is 0 Å². The monoisotopic (exact) mass is 197 g/mol. The minimum atomic E-state index is 0.524. The van der Waals surface area contributed by atoms with Gasteiger partial charge in [0.1, 0.15) is 0 Å². The Kier molecular flexibility index (Phi) is 3.94. The van der Waals surface area contributed by atoms with E-state index >= 15 is 0 Å². The van der Waals surface area contributed by atoms with E-state index in [1.165, 1.54) is 16.9 Å². The molecule has 0 aromatic carbocycles. The molecule has 0 aliphatic heterocycles. The van der Waals surface area contributed by atoms with Crippen molar-refractivity contribution in [3.05, 3.63) is 21.9 Å². The van der Waals surface area contributed by atoms with Crippen molar-refractivity contribution in [1.29, 1.82) is 0 Å². The normalized spacial score (nSPS) is 15.7. The summed E-state index contributed by atoms with van der Waals surface area (Å²) in [5, 5.41) is 5.58. The Morgan fingerprint density at radius 2 is 2.23 bits per heavy atom. The van der Waals surface area contributed by atoms with E-state index in [-0.39, 0.29) is 0 Å². The fraction of sp³-hybridized carbons (Fsp3) is 0.636. The Morgan fingerprint density at radius 3 is 2.62 bits per heavy atom. The summed E-state index contributed by atoms with van der Waals surface area (Å²) in [5.74, 6) is 0.707. The minimum absolute atomic E-state index is 0.524. The van der Waals surface area contributed by atoms with Gasteiger partial charge in [0, 0.05) is 10.9 Å². The summed E-state index contributed by atoms with van der Waals surface area (Å²) < 4.78 is 0. The highest BCUT2D eigenvalue weighted by Gasteiger charge is 2.17. The molecule has 0 saturated carbocycles. The number of aryl methyl sites for hydroxylation is 1. The first-order chi connectivity index (χ1) is 6.20.